The number of sulfonamides is 1. The highest BCUT2D eigenvalue weighted by molar-refractivity contribution is 7.89. The van der Waals surface area contributed by atoms with Crippen molar-refractivity contribution in [2.24, 2.45) is 0 Å². The maximum atomic E-state index is 12.2. The molecule has 138 valence electrons. The van der Waals surface area contributed by atoms with Gasteiger partial charge in [-0.2, -0.15) is 0 Å². The molecule has 1 amide bonds. The number of hydrogen-bond donors (Lipinski definition) is 2. The molecule has 0 saturated heterocycles. The number of hydrogen-bond acceptors (Lipinski definition) is 4. The molecule has 0 aromatic heterocycles. The summed E-state index contributed by atoms with van der Waals surface area (Å²) in [5, 5.41) is 2.79. The SMILES string of the molecule is CC(=O)c1ccc(S(=O)(=O)NCCC(=O)Nc2cccc(C)c2C)cc1. The molecule has 0 saturated carbocycles. The zero-order valence-electron chi connectivity index (χ0n) is 15.0. The van der Waals surface area contributed by atoms with Gasteiger partial charge in [0.05, 0.1) is 4.90 Å². The van der Waals surface area contributed by atoms with Crippen molar-refractivity contribution >= 4 is 27.4 Å². The van der Waals surface area contributed by atoms with Crippen molar-refractivity contribution in [2.75, 3.05) is 11.9 Å². The Labute approximate surface area is 153 Å². The van der Waals surface area contributed by atoms with Gasteiger partial charge in [-0.3, -0.25) is 9.59 Å². The number of nitrogens with one attached hydrogen (secondary N) is 2. The van der Waals surface area contributed by atoms with E-state index in [0.717, 1.165) is 16.8 Å². The first-order valence-corrected chi connectivity index (χ1v) is 9.66. The Kier molecular flexibility index (Phi) is 6.28. The number of Topliss-reactive ketones (excluding diaryl/α,β-unsaturated/α-hetero) is 1. The van der Waals surface area contributed by atoms with Crippen LogP contribution in [0, 0.1) is 13.8 Å². The summed E-state index contributed by atoms with van der Waals surface area (Å²) in [5.74, 6) is -0.404. The minimum Gasteiger partial charge on any atom is -0.326 e. The first-order chi connectivity index (χ1) is 12.2. The van der Waals surface area contributed by atoms with Gasteiger partial charge in [-0.05, 0) is 50.1 Å². The summed E-state index contributed by atoms with van der Waals surface area (Å²) in [5.41, 5.74) is 3.21. The fourth-order valence-electron chi connectivity index (χ4n) is 2.35. The van der Waals surface area contributed by atoms with Gasteiger partial charge in [0.25, 0.3) is 0 Å². The normalized spacial score (nSPS) is 11.2. The highest BCUT2D eigenvalue weighted by atomic mass is 32.2. The second kappa shape index (κ2) is 8.25. The van der Waals surface area contributed by atoms with E-state index in [1.165, 1.54) is 31.2 Å². The number of anilines is 1. The fraction of sp³-hybridized carbons (Fsp3) is 0.263. The van der Waals surface area contributed by atoms with Crippen molar-refractivity contribution in [1.82, 2.24) is 4.72 Å². The Morgan fingerprint density at radius 2 is 1.65 bits per heavy atom. The Morgan fingerprint density at radius 3 is 2.27 bits per heavy atom. The van der Waals surface area contributed by atoms with E-state index >= 15 is 0 Å². The van der Waals surface area contributed by atoms with E-state index in [4.69, 9.17) is 0 Å². The van der Waals surface area contributed by atoms with Gasteiger partial charge >= 0.3 is 0 Å². The summed E-state index contributed by atoms with van der Waals surface area (Å²) in [6, 6.07) is 11.3. The summed E-state index contributed by atoms with van der Waals surface area (Å²) < 4.78 is 26.8. The third-order valence-corrected chi connectivity index (χ3v) is 5.57. The molecule has 2 rings (SSSR count). The van der Waals surface area contributed by atoms with Gasteiger partial charge in [-0.1, -0.05) is 24.3 Å². The van der Waals surface area contributed by atoms with Crippen molar-refractivity contribution in [2.45, 2.75) is 32.1 Å². The third kappa shape index (κ3) is 5.00. The van der Waals surface area contributed by atoms with Crippen LogP contribution in [-0.2, 0) is 14.8 Å². The molecule has 0 atom stereocenters. The van der Waals surface area contributed by atoms with Crippen molar-refractivity contribution < 1.29 is 18.0 Å². The van der Waals surface area contributed by atoms with Crippen LogP contribution >= 0.6 is 0 Å². The van der Waals surface area contributed by atoms with Gasteiger partial charge in [-0.25, -0.2) is 13.1 Å². The van der Waals surface area contributed by atoms with Crippen LogP contribution in [0.5, 0.6) is 0 Å². The minimum absolute atomic E-state index is 0.0120. The van der Waals surface area contributed by atoms with Crippen LogP contribution in [-0.4, -0.2) is 26.7 Å². The Morgan fingerprint density at radius 1 is 1.00 bits per heavy atom. The average molecular weight is 374 g/mol. The molecule has 0 aliphatic rings. The van der Waals surface area contributed by atoms with Crippen LogP contribution < -0.4 is 10.0 Å². The van der Waals surface area contributed by atoms with Crippen LogP contribution in [0.1, 0.15) is 34.8 Å². The lowest BCUT2D eigenvalue weighted by atomic mass is 10.1. The van der Waals surface area contributed by atoms with E-state index in [0.29, 0.717) is 5.56 Å². The molecule has 2 N–H and O–H groups in total. The second-order valence-corrected chi connectivity index (χ2v) is 7.79. The predicted molar refractivity (Wildman–Crippen MR) is 101 cm³/mol. The molecule has 0 bridgehead atoms. The predicted octanol–water partition coefficient (Wildman–Crippen LogP) is 2.81. The molecule has 7 heteroatoms. The molecule has 0 heterocycles. The Balaban J connectivity index is 1.92. The first kappa shape index (κ1) is 19.8. The summed E-state index contributed by atoms with van der Waals surface area (Å²) in [6.45, 7) is 5.26. The molecule has 0 unspecified atom stereocenters. The van der Waals surface area contributed by atoms with E-state index in [1.54, 1.807) is 6.07 Å². The highest BCUT2D eigenvalue weighted by Gasteiger charge is 2.15. The number of ketones is 1. The Bertz CT molecular complexity index is 919. The molecular weight excluding hydrogens is 352 g/mol. The van der Waals surface area contributed by atoms with Crippen LogP contribution in [0.3, 0.4) is 0 Å². The minimum atomic E-state index is -3.73. The van der Waals surface area contributed by atoms with E-state index < -0.39 is 10.0 Å². The second-order valence-electron chi connectivity index (χ2n) is 6.02. The maximum absolute atomic E-state index is 12.2. The third-order valence-electron chi connectivity index (χ3n) is 4.09. The zero-order chi connectivity index (χ0) is 19.3. The molecule has 2 aromatic carbocycles. The zero-order valence-corrected chi connectivity index (χ0v) is 15.8. The lowest BCUT2D eigenvalue weighted by Gasteiger charge is -2.11. The molecule has 0 fully saturated rings. The van der Waals surface area contributed by atoms with Gasteiger partial charge in [0.2, 0.25) is 15.9 Å². The molecule has 0 spiro atoms. The maximum Gasteiger partial charge on any atom is 0.240 e. The smallest absolute Gasteiger partial charge is 0.240 e. The van der Waals surface area contributed by atoms with Crippen molar-refractivity contribution in [1.29, 1.82) is 0 Å². The molecule has 2 aromatic rings. The van der Waals surface area contributed by atoms with E-state index in [9.17, 15) is 18.0 Å². The topological polar surface area (TPSA) is 92.3 Å². The largest absolute Gasteiger partial charge is 0.326 e. The number of carbonyl (C=O) groups is 2. The standard InChI is InChI=1S/C19H22N2O4S/c1-13-5-4-6-18(14(13)2)21-19(23)11-12-20-26(24,25)17-9-7-16(8-10-17)15(3)22/h4-10,20H,11-12H2,1-3H3,(H,21,23). The fourth-order valence-corrected chi connectivity index (χ4v) is 3.38. The molecule has 0 aliphatic carbocycles. The number of aryl methyl sites for hydroxylation is 1. The summed E-state index contributed by atoms with van der Waals surface area (Å²) >= 11 is 0. The lowest BCUT2D eigenvalue weighted by molar-refractivity contribution is -0.116. The van der Waals surface area contributed by atoms with Crippen molar-refractivity contribution in [3.05, 3.63) is 59.2 Å². The molecular formula is C19H22N2O4S. The molecule has 0 radical (unpaired) electrons. The summed E-state index contributed by atoms with van der Waals surface area (Å²) in [7, 11) is -3.73. The first-order valence-electron chi connectivity index (χ1n) is 8.17. The molecule has 0 aliphatic heterocycles. The number of benzene rings is 2. The van der Waals surface area contributed by atoms with Crippen LogP contribution in [0.2, 0.25) is 0 Å². The van der Waals surface area contributed by atoms with Gasteiger partial charge in [0.1, 0.15) is 0 Å². The van der Waals surface area contributed by atoms with Crippen LogP contribution in [0.25, 0.3) is 0 Å². The number of rotatable bonds is 7. The van der Waals surface area contributed by atoms with Gasteiger partial charge in [-0.15, -0.1) is 0 Å². The van der Waals surface area contributed by atoms with Crippen LogP contribution in [0.4, 0.5) is 5.69 Å². The van der Waals surface area contributed by atoms with Crippen molar-refractivity contribution in [3.8, 4) is 0 Å². The highest BCUT2D eigenvalue weighted by Crippen LogP contribution is 2.18. The van der Waals surface area contributed by atoms with Crippen LogP contribution in [0.15, 0.2) is 47.4 Å². The molecule has 26 heavy (non-hydrogen) atoms. The molecule has 6 nitrogen and oxygen atoms in total. The van der Waals surface area contributed by atoms with E-state index in [2.05, 4.69) is 10.0 Å². The lowest BCUT2D eigenvalue weighted by Crippen LogP contribution is -2.28. The van der Waals surface area contributed by atoms with Gasteiger partial charge in [0, 0.05) is 24.2 Å². The average Bonchev–Trinajstić information content (AvgIpc) is 2.59. The Hall–Kier alpha value is -2.51. The van der Waals surface area contributed by atoms with Gasteiger partial charge < -0.3 is 5.32 Å². The van der Waals surface area contributed by atoms with Crippen molar-refractivity contribution in [3.63, 3.8) is 0 Å². The van der Waals surface area contributed by atoms with Gasteiger partial charge in [0.15, 0.2) is 5.78 Å². The number of carbonyl (C=O) groups excluding carboxylic acids is 2. The summed E-state index contributed by atoms with van der Waals surface area (Å²) in [6.07, 6.45) is 0.0120. The monoisotopic (exact) mass is 374 g/mol. The van der Waals surface area contributed by atoms with E-state index in [1.807, 2.05) is 26.0 Å². The van der Waals surface area contributed by atoms with E-state index in [-0.39, 0.29) is 29.6 Å². The quantitative estimate of drug-likeness (QED) is 0.729. The summed E-state index contributed by atoms with van der Waals surface area (Å²) in [4.78, 5) is 23.3. The number of amides is 1.